The van der Waals surface area contributed by atoms with Gasteiger partial charge in [-0.05, 0) is 44.2 Å². The van der Waals surface area contributed by atoms with Gasteiger partial charge in [0.15, 0.2) is 0 Å². The van der Waals surface area contributed by atoms with Crippen molar-refractivity contribution in [1.29, 1.82) is 0 Å². The highest BCUT2D eigenvalue weighted by molar-refractivity contribution is 5.17. The van der Waals surface area contributed by atoms with Gasteiger partial charge in [-0.2, -0.15) is 0 Å². The average Bonchev–Trinajstić information content (AvgIpc) is 2.68. The monoisotopic (exact) mass is 223 g/mol. The summed E-state index contributed by atoms with van der Waals surface area (Å²) < 4.78 is 2.31. The highest BCUT2D eigenvalue weighted by Crippen LogP contribution is 2.21. The molecular weight excluding hydrogens is 198 g/mol. The third-order valence-electron chi connectivity index (χ3n) is 3.26. The van der Waals surface area contributed by atoms with Gasteiger partial charge in [-0.15, -0.1) is 0 Å². The minimum Gasteiger partial charge on any atom is -0.390 e. The Kier molecular flexibility index (Phi) is 5.07. The van der Waals surface area contributed by atoms with E-state index in [0.717, 1.165) is 24.5 Å². The Hall–Kier alpha value is -0.760. The van der Waals surface area contributed by atoms with Crippen LogP contribution in [0.3, 0.4) is 0 Å². The second-order valence-corrected chi connectivity index (χ2v) is 5.03. The van der Waals surface area contributed by atoms with Crippen LogP contribution in [0, 0.1) is 5.92 Å². The predicted molar refractivity (Wildman–Crippen MR) is 68.5 cm³/mol. The molecular formula is C14H25NO. The standard InChI is InChI=1S/C14H25NO/c1-5-12(4)15-13(7-6-11(2)3)8-9-14(15)10-16/h8-9,11-12,16H,5-7,10H2,1-4H3/t12-/m1/s1. The molecule has 0 aliphatic heterocycles. The largest absolute Gasteiger partial charge is 0.390 e. The number of hydrogen-bond acceptors (Lipinski definition) is 1. The Balaban J connectivity index is 2.86. The quantitative estimate of drug-likeness (QED) is 0.784. The van der Waals surface area contributed by atoms with Gasteiger partial charge in [-0.3, -0.25) is 0 Å². The number of aryl methyl sites for hydroxylation is 1. The molecule has 0 aliphatic rings. The van der Waals surface area contributed by atoms with Gasteiger partial charge in [0.2, 0.25) is 0 Å². The summed E-state index contributed by atoms with van der Waals surface area (Å²) in [6.45, 7) is 9.06. The van der Waals surface area contributed by atoms with Crippen molar-refractivity contribution in [3.63, 3.8) is 0 Å². The number of nitrogens with zero attached hydrogens (tertiary/aromatic N) is 1. The molecule has 0 fully saturated rings. The number of hydrogen-bond donors (Lipinski definition) is 1. The van der Waals surface area contributed by atoms with Crippen molar-refractivity contribution in [2.45, 2.75) is 59.6 Å². The molecule has 0 aliphatic carbocycles. The van der Waals surface area contributed by atoms with E-state index in [1.807, 2.05) is 0 Å². The van der Waals surface area contributed by atoms with E-state index in [1.54, 1.807) is 0 Å². The van der Waals surface area contributed by atoms with Crippen LogP contribution in [-0.4, -0.2) is 9.67 Å². The van der Waals surface area contributed by atoms with E-state index < -0.39 is 0 Å². The Bertz CT molecular complexity index is 315. The SMILES string of the molecule is CC[C@@H](C)n1c(CO)ccc1CCC(C)C. The fourth-order valence-corrected chi connectivity index (χ4v) is 2.06. The van der Waals surface area contributed by atoms with Crippen molar-refractivity contribution in [3.05, 3.63) is 23.5 Å². The van der Waals surface area contributed by atoms with Crippen molar-refractivity contribution >= 4 is 0 Å². The van der Waals surface area contributed by atoms with E-state index in [9.17, 15) is 5.11 Å². The lowest BCUT2D eigenvalue weighted by Gasteiger charge is -2.19. The molecule has 0 saturated carbocycles. The molecule has 0 aromatic carbocycles. The first kappa shape index (κ1) is 13.3. The van der Waals surface area contributed by atoms with Crippen LogP contribution >= 0.6 is 0 Å². The number of aromatic nitrogens is 1. The van der Waals surface area contributed by atoms with Crippen molar-refractivity contribution in [2.24, 2.45) is 5.92 Å². The van der Waals surface area contributed by atoms with Crippen molar-refractivity contribution in [2.75, 3.05) is 0 Å². The lowest BCUT2D eigenvalue weighted by atomic mass is 10.1. The molecule has 0 saturated heterocycles. The van der Waals surface area contributed by atoms with Crippen molar-refractivity contribution < 1.29 is 5.11 Å². The Morgan fingerprint density at radius 2 is 1.81 bits per heavy atom. The first-order chi connectivity index (χ1) is 7.60. The minimum absolute atomic E-state index is 0.145. The zero-order valence-electron chi connectivity index (χ0n) is 11.0. The van der Waals surface area contributed by atoms with Gasteiger partial charge in [0.1, 0.15) is 0 Å². The molecule has 0 spiro atoms. The second kappa shape index (κ2) is 6.09. The number of aliphatic hydroxyl groups excluding tert-OH is 1. The van der Waals surface area contributed by atoms with Gasteiger partial charge in [0, 0.05) is 17.4 Å². The van der Waals surface area contributed by atoms with Crippen LogP contribution in [0.4, 0.5) is 0 Å². The maximum Gasteiger partial charge on any atom is 0.0833 e. The molecule has 1 N–H and O–H groups in total. The zero-order chi connectivity index (χ0) is 12.1. The predicted octanol–water partition coefficient (Wildman–Crippen LogP) is 3.54. The molecule has 1 heterocycles. The molecule has 1 rings (SSSR count). The number of rotatable bonds is 6. The summed E-state index contributed by atoms with van der Waals surface area (Å²) in [6.07, 6.45) is 3.43. The van der Waals surface area contributed by atoms with E-state index in [4.69, 9.17) is 0 Å². The molecule has 1 aromatic rings. The first-order valence-electron chi connectivity index (χ1n) is 6.40. The fraction of sp³-hybridized carbons (Fsp3) is 0.714. The minimum atomic E-state index is 0.145. The van der Waals surface area contributed by atoms with E-state index in [0.29, 0.717) is 6.04 Å². The molecule has 1 atom stereocenters. The Morgan fingerprint density at radius 3 is 2.31 bits per heavy atom. The van der Waals surface area contributed by atoms with E-state index in [1.165, 1.54) is 12.1 Å². The number of aliphatic hydroxyl groups is 1. The average molecular weight is 223 g/mol. The summed E-state index contributed by atoms with van der Waals surface area (Å²) in [4.78, 5) is 0. The van der Waals surface area contributed by atoms with Crippen LogP contribution < -0.4 is 0 Å². The van der Waals surface area contributed by atoms with Gasteiger partial charge < -0.3 is 9.67 Å². The smallest absolute Gasteiger partial charge is 0.0833 e. The van der Waals surface area contributed by atoms with Crippen LogP contribution in [0.5, 0.6) is 0 Å². The van der Waals surface area contributed by atoms with E-state index >= 15 is 0 Å². The summed E-state index contributed by atoms with van der Waals surface area (Å²) in [5.41, 5.74) is 2.42. The first-order valence-corrected chi connectivity index (χ1v) is 6.40. The van der Waals surface area contributed by atoms with Crippen LogP contribution in [0.15, 0.2) is 12.1 Å². The van der Waals surface area contributed by atoms with Crippen LogP contribution in [-0.2, 0) is 13.0 Å². The van der Waals surface area contributed by atoms with Crippen molar-refractivity contribution in [1.82, 2.24) is 4.57 Å². The van der Waals surface area contributed by atoms with Crippen LogP contribution in [0.1, 0.15) is 58.0 Å². The lowest BCUT2D eigenvalue weighted by Crippen LogP contribution is -2.12. The Morgan fingerprint density at radius 1 is 1.19 bits per heavy atom. The summed E-state index contributed by atoms with van der Waals surface area (Å²) in [6, 6.07) is 4.71. The summed E-state index contributed by atoms with van der Waals surface area (Å²) in [7, 11) is 0. The third kappa shape index (κ3) is 3.11. The second-order valence-electron chi connectivity index (χ2n) is 5.03. The Labute approximate surface area is 99.3 Å². The normalized spacial score (nSPS) is 13.4. The van der Waals surface area contributed by atoms with Gasteiger partial charge in [-0.1, -0.05) is 20.8 Å². The summed E-state index contributed by atoms with van der Waals surface area (Å²) in [5.74, 6) is 0.734. The third-order valence-corrected chi connectivity index (χ3v) is 3.26. The molecule has 2 nitrogen and oxygen atoms in total. The zero-order valence-corrected chi connectivity index (χ0v) is 11.0. The summed E-state index contributed by atoms with van der Waals surface area (Å²) in [5, 5.41) is 9.33. The van der Waals surface area contributed by atoms with Crippen molar-refractivity contribution in [3.8, 4) is 0 Å². The molecule has 2 heteroatoms. The van der Waals surface area contributed by atoms with E-state index in [-0.39, 0.29) is 6.61 Å². The fourth-order valence-electron chi connectivity index (χ4n) is 2.06. The highest BCUT2D eigenvalue weighted by Gasteiger charge is 2.12. The lowest BCUT2D eigenvalue weighted by molar-refractivity contribution is 0.265. The van der Waals surface area contributed by atoms with E-state index in [2.05, 4.69) is 44.4 Å². The summed E-state index contributed by atoms with van der Waals surface area (Å²) >= 11 is 0. The highest BCUT2D eigenvalue weighted by atomic mass is 16.3. The molecule has 0 unspecified atom stereocenters. The maximum absolute atomic E-state index is 9.33. The van der Waals surface area contributed by atoms with Gasteiger partial charge >= 0.3 is 0 Å². The van der Waals surface area contributed by atoms with Gasteiger partial charge in [0.25, 0.3) is 0 Å². The molecule has 1 aromatic heterocycles. The van der Waals surface area contributed by atoms with Crippen LogP contribution in [0.2, 0.25) is 0 Å². The van der Waals surface area contributed by atoms with Crippen LogP contribution in [0.25, 0.3) is 0 Å². The maximum atomic E-state index is 9.33. The van der Waals surface area contributed by atoms with Gasteiger partial charge in [-0.25, -0.2) is 0 Å². The molecule has 16 heavy (non-hydrogen) atoms. The molecule has 0 bridgehead atoms. The molecule has 0 amide bonds. The molecule has 92 valence electrons. The molecule has 0 radical (unpaired) electrons. The van der Waals surface area contributed by atoms with Gasteiger partial charge in [0.05, 0.1) is 6.61 Å². The topological polar surface area (TPSA) is 25.2 Å².